The van der Waals surface area contributed by atoms with Gasteiger partial charge in [0.25, 0.3) is 0 Å². The summed E-state index contributed by atoms with van der Waals surface area (Å²) >= 11 is 0. The standard InChI is InChI=1S/C64H108O6/c1-4-7-10-13-16-19-22-24-26-28-29-30-31-32-33-34-35-37-38-40-42-45-48-51-54-57-63(66)69-60-61(59-68-62(65)56-53-50-47-44-21-18-15-12-9-6-3)70-64(67)58-55-52-49-46-43-41-39-36-27-25-23-20-17-14-11-8-5-2/h7,10,12,15-16,19,24,26,29-30,32-33,35,37,40,42,61H,4-6,8-9,11,13-14,17-18,20-23,25,27-28,31,34,36,38-39,41,43-60H2,1-3H3/b10-7-,15-12-,19-16-,26-24-,30-29-,33-32-,37-35-,42-40-. The molecule has 70 heavy (non-hydrogen) atoms. The first-order valence-corrected chi connectivity index (χ1v) is 29.2. The third kappa shape index (κ3) is 55.3. The number of hydrogen-bond acceptors (Lipinski definition) is 6. The Kier molecular flexibility index (Phi) is 54.9. The normalized spacial score (nSPS) is 12.8. The molecule has 0 aliphatic heterocycles. The lowest BCUT2D eigenvalue weighted by atomic mass is 10.0. The number of carbonyl (C=O) groups is 3. The van der Waals surface area contributed by atoms with Crippen LogP contribution in [0, 0.1) is 0 Å². The molecule has 6 nitrogen and oxygen atoms in total. The van der Waals surface area contributed by atoms with Crippen molar-refractivity contribution in [2.45, 2.75) is 277 Å². The Bertz CT molecular complexity index is 1400. The highest BCUT2D eigenvalue weighted by Gasteiger charge is 2.19. The van der Waals surface area contributed by atoms with Crippen molar-refractivity contribution >= 4 is 17.9 Å². The van der Waals surface area contributed by atoms with Crippen LogP contribution in [0.1, 0.15) is 271 Å². The second-order valence-electron chi connectivity index (χ2n) is 19.2. The zero-order chi connectivity index (χ0) is 50.7. The van der Waals surface area contributed by atoms with Gasteiger partial charge in [0.05, 0.1) is 0 Å². The van der Waals surface area contributed by atoms with Crippen LogP contribution in [0.5, 0.6) is 0 Å². The smallest absolute Gasteiger partial charge is 0.306 e. The van der Waals surface area contributed by atoms with E-state index >= 15 is 0 Å². The molecular formula is C64H108O6. The summed E-state index contributed by atoms with van der Waals surface area (Å²) in [5.41, 5.74) is 0. The van der Waals surface area contributed by atoms with Gasteiger partial charge in [0.2, 0.25) is 0 Å². The summed E-state index contributed by atoms with van der Waals surface area (Å²) in [6.45, 7) is 6.44. The molecule has 1 unspecified atom stereocenters. The summed E-state index contributed by atoms with van der Waals surface area (Å²) in [6, 6.07) is 0. The molecule has 1 atom stereocenters. The lowest BCUT2D eigenvalue weighted by Gasteiger charge is -2.18. The predicted molar refractivity (Wildman–Crippen MR) is 302 cm³/mol. The van der Waals surface area contributed by atoms with Crippen molar-refractivity contribution in [3.05, 3.63) is 97.2 Å². The first-order valence-electron chi connectivity index (χ1n) is 29.2. The van der Waals surface area contributed by atoms with E-state index in [1.165, 1.54) is 103 Å². The monoisotopic (exact) mass is 973 g/mol. The first kappa shape index (κ1) is 66.3. The van der Waals surface area contributed by atoms with Crippen molar-refractivity contribution in [3.63, 3.8) is 0 Å². The molecule has 0 saturated heterocycles. The van der Waals surface area contributed by atoms with E-state index in [0.29, 0.717) is 19.3 Å². The molecule has 0 saturated carbocycles. The summed E-state index contributed by atoms with van der Waals surface area (Å²) in [7, 11) is 0. The second-order valence-corrected chi connectivity index (χ2v) is 19.2. The maximum atomic E-state index is 12.8. The van der Waals surface area contributed by atoms with Gasteiger partial charge < -0.3 is 14.2 Å². The maximum absolute atomic E-state index is 12.8. The van der Waals surface area contributed by atoms with Crippen LogP contribution in [0.4, 0.5) is 0 Å². The van der Waals surface area contributed by atoms with Crippen molar-refractivity contribution in [1.82, 2.24) is 0 Å². The fourth-order valence-corrected chi connectivity index (χ4v) is 7.95. The third-order valence-corrected chi connectivity index (χ3v) is 12.3. The van der Waals surface area contributed by atoms with Gasteiger partial charge in [-0.05, 0) is 96.3 Å². The Labute approximate surface area is 432 Å². The Hall–Kier alpha value is -3.67. The van der Waals surface area contributed by atoms with E-state index in [1.54, 1.807) is 0 Å². The number of hydrogen-bond donors (Lipinski definition) is 0. The number of allylic oxidation sites excluding steroid dienone is 16. The molecule has 0 aromatic rings. The van der Waals surface area contributed by atoms with Crippen LogP contribution < -0.4 is 0 Å². The molecule has 0 spiro atoms. The largest absolute Gasteiger partial charge is 0.462 e. The maximum Gasteiger partial charge on any atom is 0.306 e. The number of unbranched alkanes of at least 4 members (excludes halogenated alkanes) is 25. The minimum Gasteiger partial charge on any atom is -0.462 e. The topological polar surface area (TPSA) is 78.9 Å². The van der Waals surface area contributed by atoms with Crippen molar-refractivity contribution in [3.8, 4) is 0 Å². The van der Waals surface area contributed by atoms with E-state index in [0.717, 1.165) is 128 Å². The summed E-state index contributed by atoms with van der Waals surface area (Å²) in [4.78, 5) is 38.1. The SMILES string of the molecule is CC/C=C\C/C=C\C/C=C\C/C=C\C/C=C\C/C=C\C/C=C\CCCCCC(=O)OCC(COC(=O)CCCCCCC/C=C\CCC)OC(=O)CCCCCCCCCCCCCCCCCCC. The Morgan fingerprint density at radius 1 is 0.300 bits per heavy atom. The number of ether oxygens (including phenoxy) is 3. The molecule has 0 bridgehead atoms. The van der Waals surface area contributed by atoms with Crippen molar-refractivity contribution in [2.75, 3.05) is 13.2 Å². The first-order chi connectivity index (χ1) is 34.5. The Morgan fingerprint density at radius 3 is 0.957 bits per heavy atom. The highest BCUT2D eigenvalue weighted by molar-refractivity contribution is 5.71. The fraction of sp³-hybridized carbons (Fsp3) is 0.703. The van der Waals surface area contributed by atoms with E-state index in [9.17, 15) is 14.4 Å². The van der Waals surface area contributed by atoms with Gasteiger partial charge in [0.15, 0.2) is 6.10 Å². The molecule has 0 aromatic heterocycles. The highest BCUT2D eigenvalue weighted by Crippen LogP contribution is 2.16. The lowest BCUT2D eigenvalue weighted by Crippen LogP contribution is -2.30. The average molecular weight is 974 g/mol. The van der Waals surface area contributed by atoms with Gasteiger partial charge in [-0.3, -0.25) is 14.4 Å². The molecule has 0 fully saturated rings. The van der Waals surface area contributed by atoms with Crippen LogP contribution >= 0.6 is 0 Å². The van der Waals surface area contributed by atoms with Gasteiger partial charge >= 0.3 is 17.9 Å². The summed E-state index contributed by atoms with van der Waals surface area (Å²) in [6.07, 6.45) is 76.9. The third-order valence-electron chi connectivity index (χ3n) is 12.3. The van der Waals surface area contributed by atoms with Crippen LogP contribution in [0.25, 0.3) is 0 Å². The summed E-state index contributed by atoms with van der Waals surface area (Å²) in [5, 5.41) is 0. The van der Waals surface area contributed by atoms with E-state index in [2.05, 4.69) is 118 Å². The van der Waals surface area contributed by atoms with Gasteiger partial charge in [-0.15, -0.1) is 0 Å². The van der Waals surface area contributed by atoms with E-state index in [-0.39, 0.29) is 31.1 Å². The van der Waals surface area contributed by atoms with Gasteiger partial charge in [-0.1, -0.05) is 253 Å². The molecule has 0 aliphatic rings. The lowest BCUT2D eigenvalue weighted by molar-refractivity contribution is -0.167. The molecule has 0 heterocycles. The zero-order valence-electron chi connectivity index (χ0n) is 45.8. The van der Waals surface area contributed by atoms with Crippen molar-refractivity contribution in [2.24, 2.45) is 0 Å². The molecule has 400 valence electrons. The van der Waals surface area contributed by atoms with Gasteiger partial charge in [-0.2, -0.15) is 0 Å². The Balaban J connectivity index is 4.36. The molecule has 0 aliphatic carbocycles. The average Bonchev–Trinajstić information content (AvgIpc) is 3.36. The summed E-state index contributed by atoms with van der Waals surface area (Å²) < 4.78 is 16.8. The quantitative estimate of drug-likeness (QED) is 0.0262. The van der Waals surface area contributed by atoms with E-state index in [1.807, 2.05) is 0 Å². The number of carbonyl (C=O) groups excluding carboxylic acids is 3. The van der Waals surface area contributed by atoms with Gasteiger partial charge in [-0.25, -0.2) is 0 Å². The molecule has 0 N–H and O–H groups in total. The minimum atomic E-state index is -0.793. The zero-order valence-corrected chi connectivity index (χ0v) is 45.8. The molecule has 0 radical (unpaired) electrons. The highest BCUT2D eigenvalue weighted by atomic mass is 16.6. The van der Waals surface area contributed by atoms with Crippen LogP contribution in [-0.2, 0) is 28.6 Å². The Morgan fingerprint density at radius 2 is 0.586 bits per heavy atom. The molecule has 0 aromatic carbocycles. The fourth-order valence-electron chi connectivity index (χ4n) is 7.95. The van der Waals surface area contributed by atoms with Crippen LogP contribution in [-0.4, -0.2) is 37.2 Å². The van der Waals surface area contributed by atoms with Gasteiger partial charge in [0, 0.05) is 19.3 Å². The predicted octanol–water partition coefficient (Wildman–Crippen LogP) is 19.7. The van der Waals surface area contributed by atoms with Crippen LogP contribution in [0.2, 0.25) is 0 Å². The molecule has 0 amide bonds. The second kappa shape index (κ2) is 57.9. The number of esters is 3. The van der Waals surface area contributed by atoms with Crippen molar-refractivity contribution in [1.29, 1.82) is 0 Å². The van der Waals surface area contributed by atoms with Crippen LogP contribution in [0.3, 0.4) is 0 Å². The van der Waals surface area contributed by atoms with E-state index < -0.39 is 6.10 Å². The molecule has 0 rings (SSSR count). The van der Waals surface area contributed by atoms with E-state index in [4.69, 9.17) is 14.2 Å². The molecule has 6 heteroatoms. The molecular weight excluding hydrogens is 865 g/mol. The summed E-state index contributed by atoms with van der Waals surface area (Å²) in [5.74, 6) is -0.930. The van der Waals surface area contributed by atoms with Gasteiger partial charge in [0.1, 0.15) is 13.2 Å². The minimum absolute atomic E-state index is 0.0914. The number of rotatable bonds is 52. The van der Waals surface area contributed by atoms with Crippen LogP contribution in [0.15, 0.2) is 97.2 Å². The van der Waals surface area contributed by atoms with Crippen molar-refractivity contribution < 1.29 is 28.6 Å².